The van der Waals surface area contributed by atoms with E-state index >= 15 is 0 Å². The maximum absolute atomic E-state index is 12.1. The molecule has 18 heavy (non-hydrogen) atoms. The van der Waals surface area contributed by atoms with E-state index < -0.39 is 0 Å². The van der Waals surface area contributed by atoms with Crippen molar-refractivity contribution in [2.45, 2.75) is 0 Å². The van der Waals surface area contributed by atoms with Gasteiger partial charge < -0.3 is 4.98 Å². The molecule has 1 N–H and O–H groups in total. The molecule has 0 aliphatic rings. The van der Waals surface area contributed by atoms with E-state index in [2.05, 4.69) is 15.0 Å². The van der Waals surface area contributed by atoms with Gasteiger partial charge in [0.25, 0.3) is 5.56 Å². The first-order valence-corrected chi connectivity index (χ1v) is 6.34. The quantitative estimate of drug-likeness (QED) is 0.490. The third-order valence-electron chi connectivity index (χ3n) is 3.12. The molecule has 5 heteroatoms. The van der Waals surface area contributed by atoms with E-state index in [0.717, 1.165) is 26.4 Å². The summed E-state index contributed by atoms with van der Waals surface area (Å²) in [6.07, 6.45) is 5.13. The number of hydrogen-bond donors (Lipinski definition) is 1. The number of nitrogens with zero attached hydrogens (tertiary/aromatic N) is 2. The Kier molecular flexibility index (Phi) is 1.82. The van der Waals surface area contributed by atoms with Gasteiger partial charge in [0.2, 0.25) is 0 Å². The van der Waals surface area contributed by atoms with Crippen molar-refractivity contribution in [3.8, 4) is 0 Å². The van der Waals surface area contributed by atoms with E-state index in [1.165, 1.54) is 0 Å². The standard InChI is InChI=1S/C13H7N3OS/c17-13-10-8(2-4-15-13)12-11(16-6-18-12)7-1-3-14-5-9(7)10/h1-6H,(H,15,17). The maximum atomic E-state index is 12.1. The molecule has 0 aliphatic heterocycles. The lowest BCUT2D eigenvalue weighted by Gasteiger charge is -2.03. The molecule has 0 spiro atoms. The zero-order chi connectivity index (χ0) is 12.1. The van der Waals surface area contributed by atoms with Crippen LogP contribution in [-0.2, 0) is 0 Å². The number of pyridine rings is 2. The molecule has 0 unspecified atom stereocenters. The van der Waals surface area contributed by atoms with Crippen LogP contribution in [0.4, 0.5) is 0 Å². The second-order valence-corrected chi connectivity index (χ2v) is 4.90. The van der Waals surface area contributed by atoms with Crippen LogP contribution in [0.25, 0.3) is 31.8 Å². The number of rotatable bonds is 0. The molecule has 0 saturated heterocycles. The first-order valence-electron chi connectivity index (χ1n) is 5.46. The predicted octanol–water partition coefficient (Wildman–Crippen LogP) is 2.69. The summed E-state index contributed by atoms with van der Waals surface area (Å²) in [4.78, 5) is 23.3. The van der Waals surface area contributed by atoms with Gasteiger partial charge in [0.1, 0.15) is 0 Å². The number of hydrogen-bond acceptors (Lipinski definition) is 4. The van der Waals surface area contributed by atoms with Crippen LogP contribution in [0, 0.1) is 0 Å². The topological polar surface area (TPSA) is 58.6 Å². The van der Waals surface area contributed by atoms with Crippen molar-refractivity contribution in [2.24, 2.45) is 0 Å². The second kappa shape index (κ2) is 3.36. The predicted molar refractivity (Wildman–Crippen MR) is 73.0 cm³/mol. The fourth-order valence-electron chi connectivity index (χ4n) is 2.36. The fraction of sp³-hybridized carbons (Fsp3) is 0. The number of aromatic amines is 1. The highest BCUT2D eigenvalue weighted by molar-refractivity contribution is 7.18. The molecule has 4 nitrogen and oxygen atoms in total. The van der Waals surface area contributed by atoms with Crippen molar-refractivity contribution in [3.05, 3.63) is 46.6 Å². The van der Waals surface area contributed by atoms with E-state index in [9.17, 15) is 4.79 Å². The molecule has 0 bridgehead atoms. The largest absolute Gasteiger partial charge is 0.329 e. The smallest absolute Gasteiger partial charge is 0.256 e. The molecular weight excluding hydrogens is 246 g/mol. The summed E-state index contributed by atoms with van der Waals surface area (Å²) >= 11 is 1.56. The summed E-state index contributed by atoms with van der Waals surface area (Å²) in [7, 11) is 0. The van der Waals surface area contributed by atoms with Gasteiger partial charge in [-0.05, 0) is 12.1 Å². The Morgan fingerprint density at radius 1 is 1.17 bits per heavy atom. The van der Waals surface area contributed by atoms with E-state index in [4.69, 9.17) is 0 Å². The van der Waals surface area contributed by atoms with Gasteiger partial charge in [-0.3, -0.25) is 9.78 Å². The zero-order valence-electron chi connectivity index (χ0n) is 9.18. The molecule has 0 atom stereocenters. The number of nitrogens with one attached hydrogen (secondary N) is 1. The third kappa shape index (κ3) is 1.11. The van der Waals surface area contributed by atoms with Crippen molar-refractivity contribution in [2.75, 3.05) is 0 Å². The highest BCUT2D eigenvalue weighted by Gasteiger charge is 2.12. The molecule has 0 saturated carbocycles. The highest BCUT2D eigenvalue weighted by atomic mass is 32.1. The van der Waals surface area contributed by atoms with Crippen molar-refractivity contribution in [3.63, 3.8) is 0 Å². The minimum Gasteiger partial charge on any atom is -0.329 e. The Hall–Kier alpha value is -2.27. The summed E-state index contributed by atoms with van der Waals surface area (Å²) < 4.78 is 1.05. The summed E-state index contributed by atoms with van der Waals surface area (Å²) in [5.74, 6) is 0. The van der Waals surface area contributed by atoms with Crippen LogP contribution in [0.2, 0.25) is 0 Å². The van der Waals surface area contributed by atoms with Gasteiger partial charge in [-0.25, -0.2) is 4.98 Å². The Balaban J connectivity index is 2.54. The number of thiazole rings is 1. The number of benzene rings is 1. The van der Waals surface area contributed by atoms with Crippen molar-refractivity contribution in [1.82, 2.24) is 15.0 Å². The van der Waals surface area contributed by atoms with E-state index in [-0.39, 0.29) is 5.56 Å². The third-order valence-corrected chi connectivity index (χ3v) is 3.98. The first-order chi connectivity index (χ1) is 8.86. The Morgan fingerprint density at radius 3 is 3.06 bits per heavy atom. The van der Waals surface area contributed by atoms with Gasteiger partial charge in [-0.2, -0.15) is 0 Å². The average molecular weight is 253 g/mol. The van der Waals surface area contributed by atoms with E-state index in [0.29, 0.717) is 5.39 Å². The maximum Gasteiger partial charge on any atom is 0.256 e. The number of H-pyrrole nitrogens is 1. The summed E-state index contributed by atoms with van der Waals surface area (Å²) in [5.41, 5.74) is 2.67. The molecule has 0 amide bonds. The van der Waals surface area contributed by atoms with Gasteiger partial charge >= 0.3 is 0 Å². The molecule has 0 aliphatic carbocycles. The minimum atomic E-state index is -0.0826. The molecule has 86 valence electrons. The van der Waals surface area contributed by atoms with Crippen LogP contribution in [0.3, 0.4) is 0 Å². The van der Waals surface area contributed by atoms with Crippen LogP contribution in [0.15, 0.2) is 41.0 Å². The minimum absolute atomic E-state index is 0.0826. The Bertz CT molecular complexity index is 955. The van der Waals surface area contributed by atoms with Crippen molar-refractivity contribution in [1.29, 1.82) is 0 Å². The van der Waals surface area contributed by atoms with E-state index in [1.54, 1.807) is 29.9 Å². The van der Waals surface area contributed by atoms with Crippen LogP contribution >= 0.6 is 11.3 Å². The van der Waals surface area contributed by atoms with Gasteiger partial charge in [0.05, 0.1) is 21.1 Å². The fourth-order valence-corrected chi connectivity index (χ4v) is 3.20. The Labute approximate surface area is 105 Å². The van der Waals surface area contributed by atoms with Gasteiger partial charge in [0, 0.05) is 34.7 Å². The molecule has 3 aromatic heterocycles. The lowest BCUT2D eigenvalue weighted by molar-refractivity contribution is 1.28. The molecule has 4 rings (SSSR count). The molecule has 3 heterocycles. The van der Waals surface area contributed by atoms with Crippen LogP contribution in [0.5, 0.6) is 0 Å². The van der Waals surface area contributed by atoms with Crippen LogP contribution in [0.1, 0.15) is 0 Å². The van der Waals surface area contributed by atoms with Gasteiger partial charge in [-0.15, -0.1) is 11.3 Å². The summed E-state index contributed by atoms with van der Waals surface area (Å²) in [6, 6.07) is 3.83. The lowest BCUT2D eigenvalue weighted by atomic mass is 10.0. The first kappa shape index (κ1) is 9.73. The average Bonchev–Trinajstić information content (AvgIpc) is 2.88. The van der Waals surface area contributed by atoms with Gasteiger partial charge in [0.15, 0.2) is 0 Å². The second-order valence-electron chi connectivity index (χ2n) is 4.05. The number of fused-ring (bicyclic) bond motifs is 6. The summed E-state index contributed by atoms with van der Waals surface area (Å²) in [6.45, 7) is 0. The molecule has 4 aromatic rings. The Morgan fingerprint density at radius 2 is 2.11 bits per heavy atom. The molecule has 1 aromatic carbocycles. The molecule has 0 radical (unpaired) electrons. The monoisotopic (exact) mass is 253 g/mol. The summed E-state index contributed by atoms with van der Waals surface area (Å²) in [5, 5.41) is 3.47. The van der Waals surface area contributed by atoms with Gasteiger partial charge in [-0.1, -0.05) is 0 Å². The molecule has 0 fully saturated rings. The zero-order valence-corrected chi connectivity index (χ0v) is 9.99. The van der Waals surface area contributed by atoms with Crippen LogP contribution in [-0.4, -0.2) is 15.0 Å². The van der Waals surface area contributed by atoms with E-state index in [1.807, 2.05) is 17.6 Å². The number of aromatic nitrogens is 3. The SMILES string of the molecule is O=c1[nH]ccc2c3scnc3c3ccncc3c12. The van der Waals surface area contributed by atoms with Crippen LogP contribution < -0.4 is 5.56 Å². The molecular formula is C13H7N3OS. The van der Waals surface area contributed by atoms with Crippen molar-refractivity contribution >= 4 is 43.1 Å². The van der Waals surface area contributed by atoms with Crippen molar-refractivity contribution < 1.29 is 0 Å². The highest BCUT2D eigenvalue weighted by Crippen LogP contribution is 2.33. The lowest BCUT2D eigenvalue weighted by Crippen LogP contribution is -2.05. The normalized spacial score (nSPS) is 11.6.